The SMILES string of the molecule is Cc1ccc(Oc2c(Cl)cccc2Cl)cc1. The molecule has 0 bridgehead atoms. The first-order chi connectivity index (χ1) is 7.66. The van der Waals surface area contributed by atoms with Crippen molar-refractivity contribution >= 4 is 23.2 Å². The van der Waals surface area contributed by atoms with Gasteiger partial charge < -0.3 is 4.74 Å². The Kier molecular flexibility index (Phi) is 3.37. The third kappa shape index (κ3) is 2.49. The Morgan fingerprint density at radius 1 is 0.875 bits per heavy atom. The van der Waals surface area contributed by atoms with Gasteiger partial charge in [-0.05, 0) is 31.2 Å². The van der Waals surface area contributed by atoms with Gasteiger partial charge in [-0.1, -0.05) is 47.0 Å². The molecule has 2 aromatic rings. The molecule has 2 aromatic carbocycles. The van der Waals surface area contributed by atoms with Crippen LogP contribution in [0.4, 0.5) is 0 Å². The molecule has 82 valence electrons. The van der Waals surface area contributed by atoms with Gasteiger partial charge in [0.05, 0.1) is 10.0 Å². The number of hydrogen-bond donors (Lipinski definition) is 0. The van der Waals surface area contributed by atoms with Gasteiger partial charge in [0.25, 0.3) is 0 Å². The molecular formula is C13H10Cl2O. The van der Waals surface area contributed by atoms with Crippen molar-refractivity contribution in [3.8, 4) is 11.5 Å². The van der Waals surface area contributed by atoms with Crippen molar-refractivity contribution in [2.75, 3.05) is 0 Å². The second-order valence-electron chi connectivity index (χ2n) is 3.47. The monoisotopic (exact) mass is 252 g/mol. The van der Waals surface area contributed by atoms with Crippen LogP contribution < -0.4 is 4.74 Å². The van der Waals surface area contributed by atoms with E-state index in [1.165, 1.54) is 5.56 Å². The minimum Gasteiger partial charge on any atom is -0.454 e. The Morgan fingerprint density at radius 3 is 2.00 bits per heavy atom. The molecular weight excluding hydrogens is 243 g/mol. The van der Waals surface area contributed by atoms with E-state index in [4.69, 9.17) is 27.9 Å². The van der Waals surface area contributed by atoms with Crippen LogP contribution in [0.1, 0.15) is 5.56 Å². The van der Waals surface area contributed by atoms with Gasteiger partial charge in [-0.25, -0.2) is 0 Å². The molecule has 0 amide bonds. The first-order valence-electron chi connectivity index (χ1n) is 4.85. The van der Waals surface area contributed by atoms with Crippen molar-refractivity contribution < 1.29 is 4.74 Å². The van der Waals surface area contributed by atoms with Gasteiger partial charge >= 0.3 is 0 Å². The molecule has 0 saturated carbocycles. The number of rotatable bonds is 2. The Hall–Kier alpha value is -1.18. The molecule has 0 atom stereocenters. The zero-order valence-electron chi connectivity index (χ0n) is 8.71. The Morgan fingerprint density at radius 2 is 1.44 bits per heavy atom. The van der Waals surface area contributed by atoms with Crippen molar-refractivity contribution in [3.05, 3.63) is 58.1 Å². The molecule has 0 N–H and O–H groups in total. The van der Waals surface area contributed by atoms with E-state index in [9.17, 15) is 0 Å². The first-order valence-corrected chi connectivity index (χ1v) is 5.61. The summed E-state index contributed by atoms with van der Waals surface area (Å²) in [5.41, 5.74) is 1.18. The second-order valence-corrected chi connectivity index (χ2v) is 4.28. The third-order valence-corrected chi connectivity index (χ3v) is 2.76. The Bertz CT molecular complexity index is 472. The maximum absolute atomic E-state index is 6.00. The van der Waals surface area contributed by atoms with Crippen LogP contribution in [0.25, 0.3) is 0 Å². The minimum atomic E-state index is 0.495. The van der Waals surface area contributed by atoms with Crippen molar-refractivity contribution in [1.82, 2.24) is 0 Å². The average Bonchev–Trinajstić information content (AvgIpc) is 2.26. The highest BCUT2D eigenvalue weighted by atomic mass is 35.5. The summed E-state index contributed by atoms with van der Waals surface area (Å²) in [4.78, 5) is 0. The van der Waals surface area contributed by atoms with Gasteiger partial charge in [0.15, 0.2) is 5.75 Å². The summed E-state index contributed by atoms with van der Waals surface area (Å²) in [6, 6.07) is 13.0. The van der Waals surface area contributed by atoms with Gasteiger partial charge in [-0.15, -0.1) is 0 Å². The predicted molar refractivity (Wildman–Crippen MR) is 67.7 cm³/mol. The highest BCUT2D eigenvalue weighted by molar-refractivity contribution is 6.37. The first kappa shape index (κ1) is 11.3. The van der Waals surface area contributed by atoms with Gasteiger partial charge in [-0.2, -0.15) is 0 Å². The molecule has 16 heavy (non-hydrogen) atoms. The van der Waals surface area contributed by atoms with Crippen LogP contribution in [-0.2, 0) is 0 Å². The predicted octanol–water partition coefficient (Wildman–Crippen LogP) is 5.09. The summed E-state index contributed by atoms with van der Waals surface area (Å²) in [6.45, 7) is 2.02. The number of para-hydroxylation sites is 1. The Balaban J connectivity index is 2.30. The zero-order valence-corrected chi connectivity index (χ0v) is 10.2. The van der Waals surface area contributed by atoms with Crippen molar-refractivity contribution in [2.45, 2.75) is 6.92 Å². The fraction of sp³-hybridized carbons (Fsp3) is 0.0769. The number of benzene rings is 2. The highest BCUT2D eigenvalue weighted by Crippen LogP contribution is 2.35. The minimum absolute atomic E-state index is 0.495. The lowest BCUT2D eigenvalue weighted by Gasteiger charge is -2.09. The summed E-state index contributed by atoms with van der Waals surface area (Å²) in [7, 11) is 0. The molecule has 0 fully saturated rings. The molecule has 0 aliphatic rings. The van der Waals surface area contributed by atoms with Gasteiger partial charge in [-0.3, -0.25) is 0 Å². The largest absolute Gasteiger partial charge is 0.454 e. The highest BCUT2D eigenvalue weighted by Gasteiger charge is 2.07. The maximum atomic E-state index is 6.00. The molecule has 0 aliphatic heterocycles. The molecule has 0 aromatic heterocycles. The lowest BCUT2D eigenvalue weighted by atomic mass is 10.2. The normalized spacial score (nSPS) is 10.2. The van der Waals surface area contributed by atoms with Crippen LogP contribution in [0.3, 0.4) is 0 Å². The maximum Gasteiger partial charge on any atom is 0.164 e. The zero-order chi connectivity index (χ0) is 11.5. The van der Waals surface area contributed by atoms with E-state index in [0.29, 0.717) is 15.8 Å². The topological polar surface area (TPSA) is 9.23 Å². The summed E-state index contributed by atoms with van der Waals surface area (Å²) < 4.78 is 5.63. The summed E-state index contributed by atoms with van der Waals surface area (Å²) in [5, 5.41) is 1.01. The molecule has 0 aliphatic carbocycles. The van der Waals surface area contributed by atoms with E-state index in [0.717, 1.165) is 5.75 Å². The third-order valence-electron chi connectivity index (χ3n) is 2.16. The molecule has 3 heteroatoms. The van der Waals surface area contributed by atoms with Crippen LogP contribution in [-0.4, -0.2) is 0 Å². The van der Waals surface area contributed by atoms with Gasteiger partial charge in [0, 0.05) is 0 Å². The van der Waals surface area contributed by atoms with E-state index < -0.39 is 0 Å². The smallest absolute Gasteiger partial charge is 0.164 e. The van der Waals surface area contributed by atoms with Crippen LogP contribution in [0.15, 0.2) is 42.5 Å². The fourth-order valence-corrected chi connectivity index (χ4v) is 1.78. The van der Waals surface area contributed by atoms with Gasteiger partial charge in [0.1, 0.15) is 5.75 Å². The molecule has 1 nitrogen and oxygen atoms in total. The number of hydrogen-bond acceptors (Lipinski definition) is 1. The fourth-order valence-electron chi connectivity index (χ4n) is 1.30. The van der Waals surface area contributed by atoms with E-state index in [1.807, 2.05) is 31.2 Å². The van der Waals surface area contributed by atoms with Crippen molar-refractivity contribution in [3.63, 3.8) is 0 Å². The van der Waals surface area contributed by atoms with E-state index in [2.05, 4.69) is 0 Å². The average molecular weight is 253 g/mol. The summed E-state index contributed by atoms with van der Waals surface area (Å²) >= 11 is 12.0. The lowest BCUT2D eigenvalue weighted by molar-refractivity contribution is 0.483. The summed E-state index contributed by atoms with van der Waals surface area (Å²) in [6.07, 6.45) is 0. The molecule has 0 spiro atoms. The van der Waals surface area contributed by atoms with Crippen molar-refractivity contribution in [1.29, 1.82) is 0 Å². The van der Waals surface area contributed by atoms with E-state index in [-0.39, 0.29) is 0 Å². The number of halogens is 2. The van der Waals surface area contributed by atoms with Crippen LogP contribution in [0, 0.1) is 6.92 Å². The van der Waals surface area contributed by atoms with E-state index >= 15 is 0 Å². The van der Waals surface area contributed by atoms with Crippen LogP contribution >= 0.6 is 23.2 Å². The van der Waals surface area contributed by atoms with E-state index in [1.54, 1.807) is 18.2 Å². The molecule has 0 unspecified atom stereocenters. The van der Waals surface area contributed by atoms with Gasteiger partial charge in [0.2, 0.25) is 0 Å². The second kappa shape index (κ2) is 4.77. The van der Waals surface area contributed by atoms with Crippen LogP contribution in [0.2, 0.25) is 10.0 Å². The van der Waals surface area contributed by atoms with Crippen LogP contribution in [0.5, 0.6) is 11.5 Å². The van der Waals surface area contributed by atoms with Crippen molar-refractivity contribution in [2.24, 2.45) is 0 Å². The molecule has 0 saturated heterocycles. The molecule has 0 radical (unpaired) electrons. The number of ether oxygens (including phenoxy) is 1. The molecule has 0 heterocycles. The molecule has 2 rings (SSSR count). The standard InChI is InChI=1S/C13H10Cl2O/c1-9-5-7-10(8-6-9)16-13-11(14)3-2-4-12(13)15/h2-8H,1H3. The summed E-state index contributed by atoms with van der Waals surface area (Å²) in [5.74, 6) is 1.22. The number of aryl methyl sites for hydroxylation is 1. The lowest BCUT2D eigenvalue weighted by Crippen LogP contribution is -1.86. The quantitative estimate of drug-likeness (QED) is 0.723. The Labute approximate surface area is 105 Å².